The highest BCUT2D eigenvalue weighted by Gasteiger charge is 2.25. The molecule has 24 heavy (non-hydrogen) atoms. The maximum Gasteiger partial charge on any atom is 0.306 e. The minimum atomic E-state index is -3.74. The molecule has 0 bridgehead atoms. The van der Waals surface area contributed by atoms with Gasteiger partial charge < -0.3 is 5.11 Å². The monoisotopic (exact) mass is 347 g/mol. The molecule has 2 aromatic carbocycles. The minimum Gasteiger partial charge on any atom is -0.481 e. The Labute approximate surface area is 142 Å². The summed E-state index contributed by atoms with van der Waals surface area (Å²) in [6.07, 6.45) is 0.171. The van der Waals surface area contributed by atoms with Crippen LogP contribution in [0.4, 0.5) is 0 Å². The van der Waals surface area contributed by atoms with Crippen LogP contribution in [0.2, 0.25) is 0 Å². The van der Waals surface area contributed by atoms with Crippen molar-refractivity contribution in [2.24, 2.45) is 5.92 Å². The third-order valence-corrected chi connectivity index (χ3v) is 5.33. The predicted molar refractivity (Wildman–Crippen MR) is 92.1 cm³/mol. The molecule has 0 unspecified atom stereocenters. The van der Waals surface area contributed by atoms with Gasteiger partial charge in [0.05, 0.1) is 10.8 Å². The summed E-state index contributed by atoms with van der Waals surface area (Å²) in [7, 11) is -3.74. The van der Waals surface area contributed by atoms with Gasteiger partial charge in [-0.3, -0.25) is 4.79 Å². The second kappa shape index (κ2) is 7.59. The van der Waals surface area contributed by atoms with Crippen molar-refractivity contribution in [3.05, 3.63) is 65.7 Å². The van der Waals surface area contributed by atoms with Crippen LogP contribution >= 0.6 is 0 Å². The lowest BCUT2D eigenvalue weighted by Gasteiger charge is -2.21. The van der Waals surface area contributed by atoms with Crippen molar-refractivity contribution in [2.75, 3.05) is 0 Å². The first-order valence-corrected chi connectivity index (χ1v) is 9.14. The van der Waals surface area contributed by atoms with Crippen molar-refractivity contribution in [3.63, 3.8) is 0 Å². The molecule has 5 nitrogen and oxygen atoms in total. The molecule has 0 saturated heterocycles. The zero-order chi connectivity index (χ0) is 17.7. The van der Waals surface area contributed by atoms with Crippen LogP contribution in [0.25, 0.3) is 0 Å². The van der Waals surface area contributed by atoms with Crippen molar-refractivity contribution < 1.29 is 18.3 Å². The van der Waals surface area contributed by atoms with Gasteiger partial charge in [0.2, 0.25) is 10.0 Å². The van der Waals surface area contributed by atoms with E-state index in [-0.39, 0.29) is 11.3 Å². The van der Waals surface area contributed by atoms with E-state index in [0.29, 0.717) is 0 Å². The molecule has 0 amide bonds. The number of carboxylic acids is 1. The van der Waals surface area contributed by atoms with Crippen LogP contribution < -0.4 is 4.72 Å². The summed E-state index contributed by atoms with van der Waals surface area (Å²) in [6.45, 7) is 3.45. The SMILES string of the molecule is Cc1ccc(S(=O)(=O)N[C@H](C[C@H](C)C(=O)O)c2ccccc2)cc1. The Bertz CT molecular complexity index is 786. The molecule has 0 aliphatic heterocycles. The fourth-order valence-corrected chi connectivity index (χ4v) is 3.60. The van der Waals surface area contributed by atoms with Gasteiger partial charge >= 0.3 is 5.97 Å². The van der Waals surface area contributed by atoms with E-state index in [1.165, 1.54) is 0 Å². The first-order chi connectivity index (χ1) is 11.3. The highest BCUT2D eigenvalue weighted by Crippen LogP contribution is 2.24. The molecule has 2 atom stereocenters. The molecule has 0 radical (unpaired) electrons. The average Bonchev–Trinajstić information content (AvgIpc) is 2.55. The quantitative estimate of drug-likeness (QED) is 0.806. The van der Waals surface area contributed by atoms with Crippen LogP contribution in [0, 0.1) is 12.8 Å². The van der Waals surface area contributed by atoms with Crippen LogP contribution in [-0.4, -0.2) is 19.5 Å². The van der Waals surface area contributed by atoms with Crippen LogP contribution in [0.5, 0.6) is 0 Å². The average molecular weight is 347 g/mol. The lowest BCUT2D eigenvalue weighted by atomic mass is 9.97. The number of rotatable bonds is 7. The van der Waals surface area contributed by atoms with Gasteiger partial charge in [-0.2, -0.15) is 0 Å². The second-order valence-corrected chi connectivity index (χ2v) is 7.59. The van der Waals surface area contributed by atoms with E-state index in [0.717, 1.165) is 11.1 Å². The maximum atomic E-state index is 12.6. The van der Waals surface area contributed by atoms with Gasteiger partial charge in [0.25, 0.3) is 0 Å². The van der Waals surface area contributed by atoms with Crippen LogP contribution in [-0.2, 0) is 14.8 Å². The van der Waals surface area contributed by atoms with Crippen molar-refractivity contribution in [3.8, 4) is 0 Å². The van der Waals surface area contributed by atoms with Gasteiger partial charge in [0.1, 0.15) is 0 Å². The number of nitrogens with one attached hydrogen (secondary N) is 1. The topological polar surface area (TPSA) is 83.5 Å². The number of aliphatic carboxylic acids is 1. The largest absolute Gasteiger partial charge is 0.481 e. The van der Waals surface area contributed by atoms with E-state index in [4.69, 9.17) is 5.11 Å². The van der Waals surface area contributed by atoms with E-state index >= 15 is 0 Å². The second-order valence-electron chi connectivity index (χ2n) is 5.87. The van der Waals surface area contributed by atoms with Gasteiger partial charge in [-0.1, -0.05) is 55.0 Å². The summed E-state index contributed by atoms with van der Waals surface area (Å²) in [4.78, 5) is 11.3. The number of hydrogen-bond acceptors (Lipinski definition) is 3. The Morgan fingerprint density at radius 3 is 2.21 bits per heavy atom. The molecule has 0 aliphatic carbocycles. The zero-order valence-electron chi connectivity index (χ0n) is 13.6. The molecule has 2 rings (SSSR count). The Morgan fingerprint density at radius 1 is 1.08 bits per heavy atom. The molecule has 128 valence electrons. The third kappa shape index (κ3) is 4.66. The zero-order valence-corrected chi connectivity index (χ0v) is 14.5. The molecule has 0 fully saturated rings. The third-order valence-electron chi connectivity index (χ3n) is 3.84. The van der Waals surface area contributed by atoms with Gasteiger partial charge in [-0.15, -0.1) is 0 Å². The number of carboxylic acid groups (broad SMARTS) is 1. The smallest absolute Gasteiger partial charge is 0.306 e. The lowest BCUT2D eigenvalue weighted by Crippen LogP contribution is -2.31. The van der Waals surface area contributed by atoms with Crippen molar-refractivity contribution in [1.29, 1.82) is 0 Å². The normalized spacial score (nSPS) is 14.1. The summed E-state index contributed by atoms with van der Waals surface area (Å²) in [6, 6.07) is 14.9. The van der Waals surface area contributed by atoms with E-state index in [1.807, 2.05) is 13.0 Å². The fraction of sp³-hybridized carbons (Fsp3) is 0.278. The molecule has 0 spiro atoms. The number of sulfonamides is 1. The Kier molecular flexibility index (Phi) is 5.75. The van der Waals surface area contributed by atoms with Gasteiger partial charge in [-0.25, -0.2) is 13.1 Å². The van der Waals surface area contributed by atoms with Crippen LogP contribution in [0.3, 0.4) is 0 Å². The summed E-state index contributed by atoms with van der Waals surface area (Å²) >= 11 is 0. The summed E-state index contributed by atoms with van der Waals surface area (Å²) in [5.74, 6) is -1.62. The molecular weight excluding hydrogens is 326 g/mol. The molecule has 2 aromatic rings. The highest BCUT2D eigenvalue weighted by atomic mass is 32.2. The Hall–Kier alpha value is -2.18. The first kappa shape index (κ1) is 18.2. The summed E-state index contributed by atoms with van der Waals surface area (Å²) < 4.78 is 27.9. The van der Waals surface area contributed by atoms with Crippen molar-refractivity contribution in [1.82, 2.24) is 4.72 Å². The number of benzene rings is 2. The number of hydrogen-bond donors (Lipinski definition) is 2. The van der Waals surface area contributed by atoms with Crippen LogP contribution in [0.15, 0.2) is 59.5 Å². The fourth-order valence-electron chi connectivity index (χ4n) is 2.36. The van der Waals surface area contributed by atoms with Gasteiger partial charge in [-0.05, 0) is 31.0 Å². The van der Waals surface area contributed by atoms with Gasteiger partial charge in [0, 0.05) is 6.04 Å². The molecule has 2 N–H and O–H groups in total. The van der Waals surface area contributed by atoms with Crippen molar-refractivity contribution >= 4 is 16.0 Å². The van der Waals surface area contributed by atoms with E-state index in [9.17, 15) is 13.2 Å². The van der Waals surface area contributed by atoms with E-state index in [1.54, 1.807) is 55.5 Å². The van der Waals surface area contributed by atoms with E-state index < -0.39 is 28.0 Å². The molecule has 0 saturated carbocycles. The summed E-state index contributed by atoms with van der Waals surface area (Å²) in [5, 5.41) is 9.15. The van der Waals surface area contributed by atoms with Crippen molar-refractivity contribution in [2.45, 2.75) is 31.2 Å². The number of carbonyl (C=O) groups is 1. The maximum absolute atomic E-state index is 12.6. The molecule has 6 heteroatoms. The molecule has 0 aromatic heterocycles. The molecular formula is C18H21NO4S. The Morgan fingerprint density at radius 2 is 1.67 bits per heavy atom. The van der Waals surface area contributed by atoms with Crippen LogP contribution in [0.1, 0.15) is 30.5 Å². The van der Waals surface area contributed by atoms with Gasteiger partial charge in [0.15, 0.2) is 0 Å². The summed E-state index contributed by atoms with van der Waals surface area (Å²) in [5.41, 5.74) is 1.70. The standard InChI is InChI=1S/C18H21NO4S/c1-13-8-10-16(11-9-13)24(22,23)19-17(12-14(2)18(20)21)15-6-4-3-5-7-15/h3-11,14,17,19H,12H2,1-2H3,(H,20,21)/t14-,17+/m0/s1. The number of aryl methyl sites for hydroxylation is 1. The Balaban J connectivity index is 2.30. The highest BCUT2D eigenvalue weighted by molar-refractivity contribution is 7.89. The lowest BCUT2D eigenvalue weighted by molar-refractivity contribution is -0.141. The van der Waals surface area contributed by atoms with E-state index in [2.05, 4.69) is 4.72 Å². The minimum absolute atomic E-state index is 0.164. The predicted octanol–water partition coefficient (Wildman–Crippen LogP) is 3.13. The molecule has 0 aliphatic rings. The first-order valence-electron chi connectivity index (χ1n) is 7.66. The molecule has 0 heterocycles.